The molecule has 3 N–H and O–H groups in total. The topological polar surface area (TPSA) is 66.0 Å². The van der Waals surface area contributed by atoms with Gasteiger partial charge in [-0.3, -0.25) is 10.4 Å². The predicted molar refractivity (Wildman–Crippen MR) is 78.9 cm³/mol. The summed E-state index contributed by atoms with van der Waals surface area (Å²) in [6, 6.07) is 2.05. The Labute approximate surface area is 112 Å². The lowest BCUT2D eigenvalue weighted by molar-refractivity contribution is 0.779. The van der Waals surface area contributed by atoms with Crippen LogP contribution in [0.3, 0.4) is 0 Å². The molecule has 5 heteroatoms. The van der Waals surface area contributed by atoms with Crippen molar-refractivity contribution in [2.75, 3.05) is 23.7 Å². The van der Waals surface area contributed by atoms with Gasteiger partial charge in [-0.05, 0) is 19.9 Å². The molecule has 1 atom stereocenters. The highest BCUT2D eigenvalue weighted by Crippen LogP contribution is 2.28. The van der Waals surface area contributed by atoms with Crippen molar-refractivity contribution in [2.45, 2.75) is 26.0 Å². The first-order valence-corrected chi connectivity index (χ1v) is 7.23. The highest BCUT2D eigenvalue weighted by Gasteiger charge is 2.22. The van der Waals surface area contributed by atoms with Crippen LogP contribution in [-0.4, -0.2) is 34.9 Å². The summed E-state index contributed by atoms with van der Waals surface area (Å²) in [6.07, 6.45) is 0. The van der Waals surface area contributed by atoms with E-state index in [1.165, 1.54) is 0 Å². The van der Waals surface area contributed by atoms with E-state index in [1.54, 1.807) is 0 Å². The van der Waals surface area contributed by atoms with Gasteiger partial charge in [-0.2, -0.15) is 11.8 Å². The Kier molecular flexibility index (Phi) is 3.80. The van der Waals surface area contributed by atoms with E-state index in [0.717, 1.165) is 41.5 Å². The van der Waals surface area contributed by atoms with Crippen LogP contribution in [0.1, 0.15) is 23.9 Å². The van der Waals surface area contributed by atoms with Crippen LogP contribution >= 0.6 is 11.8 Å². The van der Waals surface area contributed by atoms with Crippen molar-refractivity contribution < 1.29 is 0 Å². The van der Waals surface area contributed by atoms with E-state index in [2.05, 4.69) is 16.8 Å². The van der Waals surface area contributed by atoms with Crippen molar-refractivity contribution >= 4 is 23.3 Å². The van der Waals surface area contributed by atoms with Crippen LogP contribution in [0.2, 0.25) is 0 Å². The molecule has 98 valence electrons. The van der Waals surface area contributed by atoms with Crippen LogP contribution in [0.15, 0.2) is 6.07 Å². The number of aromatic nitrogens is 1. The summed E-state index contributed by atoms with van der Waals surface area (Å²) in [7, 11) is 0. The van der Waals surface area contributed by atoms with Crippen molar-refractivity contribution in [1.82, 2.24) is 4.98 Å². The molecule has 1 saturated heterocycles. The maximum Gasteiger partial charge on any atom is 0.126 e. The number of rotatable bonds is 2. The molecule has 0 aromatic carbocycles. The Morgan fingerprint density at radius 2 is 2.28 bits per heavy atom. The monoisotopic (exact) mass is 264 g/mol. The fourth-order valence-corrected chi connectivity index (χ4v) is 3.44. The Bertz CT molecular complexity index is 472. The van der Waals surface area contributed by atoms with Crippen LogP contribution in [-0.2, 0) is 0 Å². The normalized spacial score (nSPS) is 19.9. The number of hydrogen-bond donors (Lipinski definition) is 2. The average Bonchev–Trinajstić information content (AvgIpc) is 2.27. The number of aryl methyl sites for hydroxylation is 2. The highest BCUT2D eigenvalue weighted by molar-refractivity contribution is 8.00. The summed E-state index contributed by atoms with van der Waals surface area (Å²) in [4.78, 5) is 6.75. The van der Waals surface area contributed by atoms with E-state index in [9.17, 15) is 0 Å². The third-order valence-electron chi connectivity index (χ3n) is 3.16. The molecule has 0 bridgehead atoms. The maximum absolute atomic E-state index is 7.76. The third-order valence-corrected chi connectivity index (χ3v) is 4.30. The molecule has 0 spiro atoms. The second kappa shape index (κ2) is 5.18. The number of thioether (sulfide) groups is 1. The molecule has 1 unspecified atom stereocenters. The molecule has 1 fully saturated rings. The lowest BCUT2D eigenvalue weighted by Crippen LogP contribution is -2.38. The first-order chi connectivity index (χ1) is 8.49. The molecule has 4 nitrogen and oxygen atoms in total. The van der Waals surface area contributed by atoms with Crippen LogP contribution in [0.25, 0.3) is 0 Å². The van der Waals surface area contributed by atoms with Gasteiger partial charge in [0.1, 0.15) is 5.84 Å². The van der Waals surface area contributed by atoms with Crippen molar-refractivity contribution in [3.05, 3.63) is 23.0 Å². The summed E-state index contributed by atoms with van der Waals surface area (Å²) < 4.78 is 0. The SMILES string of the molecule is Cc1cc(N2CCSC(C)C2)c(C(=N)N)c(C)n1. The molecule has 0 aliphatic carbocycles. The molecule has 1 aliphatic rings. The minimum atomic E-state index is 0.112. The number of nitrogens with two attached hydrogens (primary N) is 1. The first kappa shape index (κ1) is 13.2. The average molecular weight is 264 g/mol. The summed E-state index contributed by atoms with van der Waals surface area (Å²) in [5.74, 6) is 1.24. The molecule has 18 heavy (non-hydrogen) atoms. The molecule has 1 aromatic heterocycles. The third kappa shape index (κ3) is 2.61. The Balaban J connectivity index is 2.44. The zero-order chi connectivity index (χ0) is 13.3. The van der Waals surface area contributed by atoms with Gasteiger partial charge < -0.3 is 10.6 Å². The van der Waals surface area contributed by atoms with Gasteiger partial charge in [0, 0.05) is 29.8 Å². The molecular weight excluding hydrogens is 244 g/mol. The maximum atomic E-state index is 7.76. The Hall–Kier alpha value is -1.23. The minimum absolute atomic E-state index is 0.112. The Morgan fingerprint density at radius 3 is 2.89 bits per heavy atom. The number of anilines is 1. The van der Waals surface area contributed by atoms with Gasteiger partial charge in [-0.1, -0.05) is 6.92 Å². The van der Waals surface area contributed by atoms with Gasteiger partial charge in [-0.25, -0.2) is 0 Å². The summed E-state index contributed by atoms with van der Waals surface area (Å²) in [6.45, 7) is 8.18. The lowest BCUT2D eigenvalue weighted by atomic mass is 10.1. The van der Waals surface area contributed by atoms with E-state index in [0.29, 0.717) is 5.25 Å². The number of nitrogen functional groups attached to an aromatic ring is 1. The van der Waals surface area contributed by atoms with E-state index in [1.807, 2.05) is 31.7 Å². The minimum Gasteiger partial charge on any atom is -0.384 e. The lowest BCUT2D eigenvalue weighted by Gasteiger charge is -2.34. The number of hydrogen-bond acceptors (Lipinski definition) is 4. The van der Waals surface area contributed by atoms with Crippen molar-refractivity contribution in [1.29, 1.82) is 5.41 Å². The standard InChI is InChI=1S/C13H20N4S/c1-8-6-11(12(13(14)15)10(3)16-8)17-4-5-18-9(2)7-17/h6,9H,4-5,7H2,1-3H3,(H3,14,15). The number of nitrogens with one attached hydrogen (secondary N) is 1. The van der Waals surface area contributed by atoms with E-state index < -0.39 is 0 Å². The van der Waals surface area contributed by atoms with Gasteiger partial charge in [0.15, 0.2) is 0 Å². The second-order valence-electron chi connectivity index (χ2n) is 4.78. The number of pyridine rings is 1. The number of nitrogens with zero attached hydrogens (tertiary/aromatic N) is 2. The first-order valence-electron chi connectivity index (χ1n) is 6.18. The largest absolute Gasteiger partial charge is 0.384 e. The molecule has 2 rings (SSSR count). The summed E-state index contributed by atoms with van der Waals surface area (Å²) in [5, 5.41) is 8.38. The second-order valence-corrected chi connectivity index (χ2v) is 6.33. The van der Waals surface area contributed by atoms with Gasteiger partial charge >= 0.3 is 0 Å². The highest BCUT2D eigenvalue weighted by atomic mass is 32.2. The van der Waals surface area contributed by atoms with Gasteiger partial charge in [0.2, 0.25) is 0 Å². The smallest absolute Gasteiger partial charge is 0.126 e. The van der Waals surface area contributed by atoms with Gasteiger partial charge in [0.25, 0.3) is 0 Å². The molecule has 0 radical (unpaired) electrons. The number of amidine groups is 1. The van der Waals surface area contributed by atoms with Crippen LogP contribution in [0, 0.1) is 19.3 Å². The molecule has 0 amide bonds. The quantitative estimate of drug-likeness (QED) is 0.633. The Morgan fingerprint density at radius 1 is 1.56 bits per heavy atom. The van der Waals surface area contributed by atoms with Crippen LogP contribution in [0.4, 0.5) is 5.69 Å². The fraction of sp³-hybridized carbons (Fsp3) is 0.538. The molecular formula is C13H20N4S. The van der Waals surface area contributed by atoms with Crippen molar-refractivity contribution in [3.8, 4) is 0 Å². The van der Waals surface area contributed by atoms with Crippen molar-refractivity contribution in [2.24, 2.45) is 5.73 Å². The fourth-order valence-electron chi connectivity index (χ4n) is 2.43. The van der Waals surface area contributed by atoms with Gasteiger partial charge in [-0.15, -0.1) is 0 Å². The molecule has 1 aromatic rings. The molecule has 0 saturated carbocycles. The zero-order valence-electron chi connectivity index (χ0n) is 11.2. The van der Waals surface area contributed by atoms with Crippen LogP contribution in [0.5, 0.6) is 0 Å². The predicted octanol–water partition coefficient (Wildman–Crippen LogP) is 1.92. The van der Waals surface area contributed by atoms with E-state index >= 15 is 0 Å². The van der Waals surface area contributed by atoms with Crippen LogP contribution < -0.4 is 10.6 Å². The van der Waals surface area contributed by atoms with E-state index in [-0.39, 0.29) is 5.84 Å². The molecule has 2 heterocycles. The molecule has 1 aliphatic heterocycles. The zero-order valence-corrected chi connectivity index (χ0v) is 12.0. The van der Waals surface area contributed by atoms with Gasteiger partial charge in [0.05, 0.1) is 16.9 Å². The van der Waals surface area contributed by atoms with E-state index in [4.69, 9.17) is 11.1 Å². The van der Waals surface area contributed by atoms with Crippen molar-refractivity contribution in [3.63, 3.8) is 0 Å². The summed E-state index contributed by atoms with van der Waals surface area (Å²) >= 11 is 2.00. The summed E-state index contributed by atoms with van der Waals surface area (Å²) in [5.41, 5.74) is 9.41.